The summed E-state index contributed by atoms with van der Waals surface area (Å²) in [5.74, 6) is 0.687. The van der Waals surface area contributed by atoms with Gasteiger partial charge >= 0.3 is 0 Å². The quantitative estimate of drug-likeness (QED) is 0.746. The molecule has 2 N–H and O–H groups in total. The maximum Gasteiger partial charge on any atom is 0.150 e. The number of aryl methyl sites for hydroxylation is 1. The van der Waals surface area contributed by atoms with Crippen molar-refractivity contribution in [3.8, 4) is 11.3 Å². The van der Waals surface area contributed by atoms with Crippen LogP contribution in [-0.2, 0) is 6.54 Å². The number of benzene rings is 1. The smallest absolute Gasteiger partial charge is 0.150 e. The lowest BCUT2D eigenvalue weighted by Crippen LogP contribution is -1.92. The second-order valence-corrected chi connectivity index (χ2v) is 4.24. The van der Waals surface area contributed by atoms with E-state index in [0.29, 0.717) is 12.3 Å². The number of pyridine rings is 1. The molecule has 0 fully saturated rings. The summed E-state index contributed by atoms with van der Waals surface area (Å²) in [4.78, 5) is 4.47. The minimum atomic E-state index is 0.362. The first-order valence-corrected chi connectivity index (χ1v) is 5.80. The maximum atomic E-state index is 5.50. The second kappa shape index (κ2) is 4.23. The molecule has 3 aromatic rings. The van der Waals surface area contributed by atoms with Crippen molar-refractivity contribution in [3.05, 3.63) is 47.9 Å². The molecule has 0 radical (unpaired) electrons. The van der Waals surface area contributed by atoms with Crippen LogP contribution in [0.25, 0.3) is 22.2 Å². The van der Waals surface area contributed by atoms with Crippen molar-refractivity contribution in [1.29, 1.82) is 0 Å². The molecule has 3 rings (SSSR count). The second-order valence-electron chi connectivity index (χ2n) is 4.24. The van der Waals surface area contributed by atoms with E-state index >= 15 is 0 Å². The van der Waals surface area contributed by atoms with E-state index in [1.165, 1.54) is 0 Å². The standard InChI is InChI=1S/C14H13N3O/c1-9-2-3-10-6-11(4-5-13(10)16-9)14-7-12(8-15)18-17-14/h2-7H,8,15H2,1H3. The Balaban J connectivity index is 2.10. The highest BCUT2D eigenvalue weighted by Crippen LogP contribution is 2.23. The highest BCUT2D eigenvalue weighted by molar-refractivity contribution is 5.83. The number of nitrogens with two attached hydrogens (primary N) is 1. The van der Waals surface area contributed by atoms with Gasteiger partial charge < -0.3 is 10.3 Å². The molecule has 2 heterocycles. The molecular formula is C14H13N3O. The molecule has 0 aliphatic rings. The van der Waals surface area contributed by atoms with Gasteiger partial charge in [0.05, 0.1) is 12.1 Å². The lowest BCUT2D eigenvalue weighted by atomic mass is 10.1. The minimum Gasteiger partial charge on any atom is -0.359 e. The van der Waals surface area contributed by atoms with E-state index in [1.807, 2.05) is 31.2 Å². The summed E-state index contributed by atoms with van der Waals surface area (Å²) in [6.45, 7) is 2.35. The molecule has 4 heteroatoms. The van der Waals surface area contributed by atoms with Crippen LogP contribution in [0, 0.1) is 6.92 Å². The molecule has 0 amide bonds. The molecule has 90 valence electrons. The van der Waals surface area contributed by atoms with E-state index in [1.54, 1.807) is 0 Å². The fourth-order valence-corrected chi connectivity index (χ4v) is 1.93. The van der Waals surface area contributed by atoms with Crippen molar-refractivity contribution in [2.75, 3.05) is 0 Å². The number of hydrogen-bond donors (Lipinski definition) is 1. The van der Waals surface area contributed by atoms with Crippen molar-refractivity contribution in [3.63, 3.8) is 0 Å². The Morgan fingerprint density at radius 3 is 2.83 bits per heavy atom. The molecule has 0 spiro atoms. The third-order valence-electron chi connectivity index (χ3n) is 2.88. The first-order chi connectivity index (χ1) is 8.76. The van der Waals surface area contributed by atoms with Gasteiger partial charge in [0.15, 0.2) is 5.76 Å². The monoisotopic (exact) mass is 239 g/mol. The number of nitrogens with zero attached hydrogens (tertiary/aromatic N) is 2. The summed E-state index contributed by atoms with van der Waals surface area (Å²) in [5.41, 5.74) is 9.32. The van der Waals surface area contributed by atoms with Gasteiger partial charge in [-0.3, -0.25) is 4.98 Å². The van der Waals surface area contributed by atoms with Crippen molar-refractivity contribution in [2.24, 2.45) is 5.73 Å². The predicted octanol–water partition coefficient (Wildman–Crippen LogP) is 2.66. The molecule has 0 saturated carbocycles. The average Bonchev–Trinajstić information content (AvgIpc) is 2.87. The fraction of sp³-hybridized carbons (Fsp3) is 0.143. The Kier molecular flexibility index (Phi) is 2.57. The van der Waals surface area contributed by atoms with Gasteiger partial charge in [-0.25, -0.2) is 0 Å². The first-order valence-electron chi connectivity index (χ1n) is 5.80. The van der Waals surface area contributed by atoms with Crippen molar-refractivity contribution < 1.29 is 4.52 Å². The first kappa shape index (κ1) is 10.9. The van der Waals surface area contributed by atoms with Crippen molar-refractivity contribution in [1.82, 2.24) is 10.1 Å². The third-order valence-corrected chi connectivity index (χ3v) is 2.88. The van der Waals surface area contributed by atoms with E-state index in [4.69, 9.17) is 10.3 Å². The summed E-state index contributed by atoms with van der Waals surface area (Å²) in [6, 6.07) is 12.0. The molecule has 1 aromatic carbocycles. The Hall–Kier alpha value is -2.20. The molecular weight excluding hydrogens is 226 g/mol. The van der Waals surface area contributed by atoms with E-state index in [0.717, 1.165) is 27.9 Å². The fourth-order valence-electron chi connectivity index (χ4n) is 1.93. The zero-order valence-corrected chi connectivity index (χ0v) is 10.1. The molecule has 4 nitrogen and oxygen atoms in total. The molecule has 0 atom stereocenters. The Labute approximate surface area is 104 Å². The van der Waals surface area contributed by atoms with Crippen LogP contribution in [0.4, 0.5) is 0 Å². The third kappa shape index (κ3) is 1.87. The Morgan fingerprint density at radius 2 is 2.06 bits per heavy atom. The number of hydrogen-bond acceptors (Lipinski definition) is 4. The van der Waals surface area contributed by atoms with Gasteiger partial charge in [-0.2, -0.15) is 0 Å². The zero-order valence-electron chi connectivity index (χ0n) is 10.1. The van der Waals surface area contributed by atoms with E-state index in [9.17, 15) is 0 Å². The lowest BCUT2D eigenvalue weighted by Gasteiger charge is -2.01. The van der Waals surface area contributed by atoms with Crippen LogP contribution < -0.4 is 5.73 Å². The highest BCUT2D eigenvalue weighted by atomic mass is 16.5. The van der Waals surface area contributed by atoms with Gasteiger partial charge in [0, 0.05) is 22.7 Å². The zero-order chi connectivity index (χ0) is 12.5. The largest absolute Gasteiger partial charge is 0.359 e. The molecule has 0 unspecified atom stereocenters. The normalized spacial score (nSPS) is 11.0. The van der Waals surface area contributed by atoms with Gasteiger partial charge in [-0.15, -0.1) is 0 Å². The molecule has 0 saturated heterocycles. The van der Waals surface area contributed by atoms with Crippen LogP contribution in [0.2, 0.25) is 0 Å². The molecule has 18 heavy (non-hydrogen) atoms. The van der Waals surface area contributed by atoms with Gasteiger partial charge in [-0.05, 0) is 25.1 Å². The van der Waals surface area contributed by atoms with Crippen LogP contribution in [0.15, 0.2) is 40.9 Å². The Morgan fingerprint density at radius 1 is 1.17 bits per heavy atom. The summed E-state index contributed by atoms with van der Waals surface area (Å²) in [5, 5.41) is 5.10. The Bertz CT molecular complexity index is 703. The number of fused-ring (bicyclic) bond motifs is 1. The number of rotatable bonds is 2. The van der Waals surface area contributed by atoms with Crippen LogP contribution in [-0.4, -0.2) is 10.1 Å². The summed E-state index contributed by atoms with van der Waals surface area (Å²) >= 11 is 0. The van der Waals surface area contributed by atoms with Gasteiger partial charge in [0.1, 0.15) is 5.69 Å². The van der Waals surface area contributed by atoms with E-state index in [2.05, 4.69) is 22.3 Å². The lowest BCUT2D eigenvalue weighted by molar-refractivity contribution is 0.387. The van der Waals surface area contributed by atoms with Crippen molar-refractivity contribution >= 4 is 10.9 Å². The average molecular weight is 239 g/mol. The SMILES string of the molecule is Cc1ccc2cc(-c3cc(CN)on3)ccc2n1. The van der Waals surface area contributed by atoms with E-state index in [-0.39, 0.29) is 0 Å². The maximum absolute atomic E-state index is 5.50. The summed E-state index contributed by atoms with van der Waals surface area (Å²) in [6.07, 6.45) is 0. The molecule has 0 bridgehead atoms. The van der Waals surface area contributed by atoms with Crippen LogP contribution >= 0.6 is 0 Å². The topological polar surface area (TPSA) is 64.9 Å². The summed E-state index contributed by atoms with van der Waals surface area (Å²) < 4.78 is 5.11. The van der Waals surface area contributed by atoms with Gasteiger partial charge in [-0.1, -0.05) is 17.3 Å². The minimum absolute atomic E-state index is 0.362. The molecule has 0 aliphatic carbocycles. The molecule has 0 aliphatic heterocycles. The van der Waals surface area contributed by atoms with E-state index < -0.39 is 0 Å². The van der Waals surface area contributed by atoms with Crippen molar-refractivity contribution in [2.45, 2.75) is 13.5 Å². The van der Waals surface area contributed by atoms with Crippen LogP contribution in [0.5, 0.6) is 0 Å². The van der Waals surface area contributed by atoms with Gasteiger partial charge in [0.2, 0.25) is 0 Å². The predicted molar refractivity (Wildman–Crippen MR) is 69.9 cm³/mol. The van der Waals surface area contributed by atoms with Crippen LogP contribution in [0.1, 0.15) is 11.5 Å². The van der Waals surface area contributed by atoms with Gasteiger partial charge in [0.25, 0.3) is 0 Å². The van der Waals surface area contributed by atoms with Crippen LogP contribution in [0.3, 0.4) is 0 Å². The summed E-state index contributed by atoms with van der Waals surface area (Å²) in [7, 11) is 0. The number of aromatic nitrogens is 2. The molecule has 2 aromatic heterocycles. The highest BCUT2D eigenvalue weighted by Gasteiger charge is 2.06.